The standard InChI is InChI=1S/C6H10O2.Zn/c1-3-5-7-8-6-4-2;/h3-4H,1-2,5-6H2;. The molecule has 0 heterocycles. The van der Waals surface area contributed by atoms with Crippen LogP contribution in [0.1, 0.15) is 0 Å². The van der Waals surface area contributed by atoms with E-state index in [9.17, 15) is 0 Å². The van der Waals surface area contributed by atoms with Crippen molar-refractivity contribution >= 4 is 0 Å². The van der Waals surface area contributed by atoms with Crippen LogP contribution in [0.4, 0.5) is 0 Å². The normalized spacial score (nSPS) is 7.56. The first-order valence-electron chi connectivity index (χ1n) is 2.38. The van der Waals surface area contributed by atoms with Gasteiger partial charge in [-0.1, -0.05) is 12.2 Å². The van der Waals surface area contributed by atoms with Crippen LogP contribution in [-0.4, -0.2) is 13.2 Å². The second-order valence-corrected chi connectivity index (χ2v) is 1.15. The Bertz CT molecular complexity index is 63.5. The van der Waals surface area contributed by atoms with Gasteiger partial charge >= 0.3 is 0 Å². The summed E-state index contributed by atoms with van der Waals surface area (Å²) in [7, 11) is 0. The van der Waals surface area contributed by atoms with Crippen molar-refractivity contribution in [1.29, 1.82) is 0 Å². The van der Waals surface area contributed by atoms with Crippen molar-refractivity contribution in [2.75, 3.05) is 13.2 Å². The molecule has 0 N–H and O–H groups in total. The fourth-order valence-electron chi connectivity index (χ4n) is 0.192. The summed E-state index contributed by atoms with van der Waals surface area (Å²) in [4.78, 5) is 9.07. The molecule has 0 bridgehead atoms. The monoisotopic (exact) mass is 178 g/mol. The van der Waals surface area contributed by atoms with Crippen LogP contribution in [0.2, 0.25) is 0 Å². The first-order valence-corrected chi connectivity index (χ1v) is 2.38. The van der Waals surface area contributed by atoms with E-state index in [2.05, 4.69) is 22.9 Å². The van der Waals surface area contributed by atoms with Gasteiger partial charge in [0.15, 0.2) is 0 Å². The molecular formula is C6H10O2Zn. The van der Waals surface area contributed by atoms with E-state index in [1.165, 1.54) is 0 Å². The maximum atomic E-state index is 4.53. The van der Waals surface area contributed by atoms with Crippen molar-refractivity contribution in [3.05, 3.63) is 25.3 Å². The molecule has 0 unspecified atom stereocenters. The molecule has 2 nitrogen and oxygen atoms in total. The Kier molecular flexibility index (Phi) is 14.3. The zero-order valence-corrected chi connectivity index (χ0v) is 8.47. The van der Waals surface area contributed by atoms with Crippen LogP contribution in [0.5, 0.6) is 0 Å². The molecule has 0 saturated carbocycles. The molecule has 0 aromatic carbocycles. The minimum Gasteiger partial charge on any atom is -0.232 e. The zero-order chi connectivity index (χ0) is 6.24. The summed E-state index contributed by atoms with van der Waals surface area (Å²) in [6.45, 7) is 7.70. The minimum atomic E-state index is 0. The summed E-state index contributed by atoms with van der Waals surface area (Å²) < 4.78 is 0. The topological polar surface area (TPSA) is 18.5 Å². The molecule has 48 valence electrons. The number of hydrogen-bond acceptors (Lipinski definition) is 2. The Hall–Kier alpha value is 0.0234. The SMILES string of the molecule is C=CCOOCC=C.[Zn]. The average molecular weight is 180 g/mol. The van der Waals surface area contributed by atoms with Gasteiger partial charge in [-0.3, -0.25) is 0 Å². The predicted octanol–water partition coefficient (Wildman–Crippen LogP) is 1.30. The van der Waals surface area contributed by atoms with Gasteiger partial charge in [-0.2, -0.15) is 0 Å². The summed E-state index contributed by atoms with van der Waals surface area (Å²) in [5.41, 5.74) is 0. The van der Waals surface area contributed by atoms with Gasteiger partial charge in [0, 0.05) is 19.5 Å². The molecule has 0 aromatic heterocycles. The van der Waals surface area contributed by atoms with E-state index in [0.717, 1.165) is 0 Å². The molecule has 0 rings (SSSR count). The van der Waals surface area contributed by atoms with Gasteiger partial charge in [0.25, 0.3) is 0 Å². The maximum absolute atomic E-state index is 4.53. The first kappa shape index (κ1) is 11.8. The smallest absolute Gasteiger partial charge is 0.100 e. The molecular weight excluding hydrogens is 169 g/mol. The largest absolute Gasteiger partial charge is 0.232 e. The Labute approximate surface area is 68.2 Å². The predicted molar refractivity (Wildman–Crippen MR) is 32.3 cm³/mol. The van der Waals surface area contributed by atoms with E-state index >= 15 is 0 Å². The van der Waals surface area contributed by atoms with Crippen molar-refractivity contribution in [2.24, 2.45) is 0 Å². The summed E-state index contributed by atoms with van der Waals surface area (Å²) in [5, 5.41) is 0. The molecule has 3 heteroatoms. The molecule has 0 atom stereocenters. The van der Waals surface area contributed by atoms with Crippen molar-refractivity contribution < 1.29 is 29.3 Å². The second kappa shape index (κ2) is 10.9. The van der Waals surface area contributed by atoms with Crippen LogP contribution >= 0.6 is 0 Å². The Balaban J connectivity index is 0. The van der Waals surface area contributed by atoms with E-state index in [1.54, 1.807) is 12.2 Å². The molecule has 0 aromatic rings. The molecule has 0 aliphatic rings. The van der Waals surface area contributed by atoms with Crippen molar-refractivity contribution in [3.63, 3.8) is 0 Å². The molecule has 9 heavy (non-hydrogen) atoms. The molecule has 0 aliphatic carbocycles. The van der Waals surface area contributed by atoms with Gasteiger partial charge in [-0.05, 0) is 0 Å². The van der Waals surface area contributed by atoms with Crippen molar-refractivity contribution in [2.45, 2.75) is 0 Å². The van der Waals surface area contributed by atoms with Crippen molar-refractivity contribution in [3.8, 4) is 0 Å². The van der Waals surface area contributed by atoms with Gasteiger partial charge < -0.3 is 0 Å². The third-order valence-corrected chi connectivity index (χ3v) is 0.455. The Morgan fingerprint density at radius 1 is 1.00 bits per heavy atom. The van der Waals surface area contributed by atoms with E-state index in [-0.39, 0.29) is 19.5 Å². The van der Waals surface area contributed by atoms with Gasteiger partial charge in [0.05, 0.1) is 0 Å². The van der Waals surface area contributed by atoms with Gasteiger partial charge in [-0.15, -0.1) is 13.2 Å². The first-order chi connectivity index (χ1) is 3.91. The van der Waals surface area contributed by atoms with Crippen LogP contribution in [0.25, 0.3) is 0 Å². The van der Waals surface area contributed by atoms with E-state index in [4.69, 9.17) is 0 Å². The van der Waals surface area contributed by atoms with Crippen LogP contribution in [0.15, 0.2) is 25.3 Å². The second-order valence-electron chi connectivity index (χ2n) is 1.15. The summed E-state index contributed by atoms with van der Waals surface area (Å²) in [5.74, 6) is 0. The van der Waals surface area contributed by atoms with Crippen LogP contribution in [0.3, 0.4) is 0 Å². The maximum Gasteiger partial charge on any atom is 0.100 e. The van der Waals surface area contributed by atoms with Gasteiger partial charge in [0.2, 0.25) is 0 Å². The Morgan fingerprint density at radius 2 is 1.33 bits per heavy atom. The third kappa shape index (κ3) is 11.5. The third-order valence-electron chi connectivity index (χ3n) is 0.455. The van der Waals surface area contributed by atoms with Gasteiger partial charge in [-0.25, -0.2) is 9.78 Å². The quantitative estimate of drug-likeness (QED) is 0.208. The summed E-state index contributed by atoms with van der Waals surface area (Å²) in [6.07, 6.45) is 3.23. The van der Waals surface area contributed by atoms with E-state index in [1.807, 2.05) is 0 Å². The zero-order valence-electron chi connectivity index (χ0n) is 5.51. The molecule has 0 aliphatic heterocycles. The molecule has 0 radical (unpaired) electrons. The fraction of sp³-hybridized carbons (Fsp3) is 0.333. The molecule has 0 amide bonds. The number of rotatable bonds is 5. The van der Waals surface area contributed by atoms with Crippen molar-refractivity contribution in [1.82, 2.24) is 0 Å². The van der Waals surface area contributed by atoms with E-state index < -0.39 is 0 Å². The van der Waals surface area contributed by atoms with Gasteiger partial charge in [0.1, 0.15) is 13.2 Å². The average Bonchev–Trinajstić information content (AvgIpc) is 1.81. The van der Waals surface area contributed by atoms with E-state index in [0.29, 0.717) is 13.2 Å². The Morgan fingerprint density at radius 3 is 1.56 bits per heavy atom. The van der Waals surface area contributed by atoms with Crippen LogP contribution < -0.4 is 0 Å². The van der Waals surface area contributed by atoms with Crippen LogP contribution in [0, 0.1) is 0 Å². The number of hydrogen-bond donors (Lipinski definition) is 0. The minimum absolute atomic E-state index is 0. The fourth-order valence-corrected chi connectivity index (χ4v) is 0.192. The molecule has 0 spiro atoms. The molecule has 0 fully saturated rings. The van der Waals surface area contributed by atoms with Crippen LogP contribution in [-0.2, 0) is 29.3 Å². The molecule has 0 saturated heterocycles. The summed E-state index contributed by atoms with van der Waals surface area (Å²) >= 11 is 0. The summed E-state index contributed by atoms with van der Waals surface area (Å²) in [6, 6.07) is 0.